The molecular formula is C13H19NO2. The van der Waals surface area contributed by atoms with E-state index in [1.807, 2.05) is 0 Å². The summed E-state index contributed by atoms with van der Waals surface area (Å²) >= 11 is 0. The lowest BCUT2D eigenvalue weighted by atomic mass is 9.84. The summed E-state index contributed by atoms with van der Waals surface area (Å²) in [6.07, 6.45) is 10.7. The number of hydroxylamine groups is 1. The Hall–Kier alpha value is -0.830. The molecule has 3 nitrogen and oxygen atoms in total. The molecule has 0 saturated heterocycles. The number of carbonyl (C=O) groups is 1. The Balaban J connectivity index is 1.51. The summed E-state index contributed by atoms with van der Waals surface area (Å²) in [6, 6.07) is 0. The number of carbonyl (C=O) groups excluding carboxylic acids is 1. The van der Waals surface area contributed by atoms with Crippen LogP contribution in [0.1, 0.15) is 51.4 Å². The molecule has 0 aromatic carbocycles. The third-order valence-electron chi connectivity index (χ3n) is 4.01. The van der Waals surface area contributed by atoms with Crippen molar-refractivity contribution in [3.63, 3.8) is 0 Å². The van der Waals surface area contributed by atoms with E-state index in [0.717, 1.165) is 44.9 Å². The lowest BCUT2D eigenvalue weighted by Crippen LogP contribution is -2.20. The Morgan fingerprint density at radius 1 is 1.44 bits per heavy atom. The number of rotatable bonds is 3. The molecule has 0 aromatic rings. The molecular weight excluding hydrogens is 202 g/mol. The fourth-order valence-electron chi connectivity index (χ4n) is 2.73. The van der Waals surface area contributed by atoms with E-state index in [4.69, 9.17) is 4.84 Å². The molecule has 3 heteroatoms. The number of allylic oxidation sites excluding steroid dienone is 1. The molecule has 16 heavy (non-hydrogen) atoms. The van der Waals surface area contributed by atoms with Gasteiger partial charge in [0, 0.05) is 18.0 Å². The summed E-state index contributed by atoms with van der Waals surface area (Å²) in [4.78, 5) is 17.2. The first-order valence-electron chi connectivity index (χ1n) is 6.46. The van der Waals surface area contributed by atoms with Gasteiger partial charge in [0.1, 0.15) is 11.4 Å². The van der Waals surface area contributed by atoms with Gasteiger partial charge < -0.3 is 0 Å². The van der Waals surface area contributed by atoms with Crippen LogP contribution in [-0.2, 0) is 9.63 Å². The van der Waals surface area contributed by atoms with Gasteiger partial charge >= 0.3 is 0 Å². The van der Waals surface area contributed by atoms with Gasteiger partial charge in [0.05, 0.1) is 0 Å². The van der Waals surface area contributed by atoms with Crippen LogP contribution in [0, 0.1) is 5.92 Å². The maximum atomic E-state index is 11.7. The molecule has 1 aliphatic heterocycles. The molecule has 1 spiro atoms. The van der Waals surface area contributed by atoms with Gasteiger partial charge in [-0.15, -0.1) is 0 Å². The van der Waals surface area contributed by atoms with Crippen LogP contribution in [0.3, 0.4) is 0 Å². The maximum Gasteiger partial charge on any atom is 0.135 e. The normalized spacial score (nSPS) is 31.4. The van der Waals surface area contributed by atoms with Crippen molar-refractivity contribution in [1.29, 1.82) is 0 Å². The first-order valence-corrected chi connectivity index (χ1v) is 6.46. The van der Waals surface area contributed by atoms with E-state index in [9.17, 15) is 4.79 Å². The van der Waals surface area contributed by atoms with Crippen LogP contribution in [0.25, 0.3) is 0 Å². The van der Waals surface area contributed by atoms with Crippen LogP contribution in [0.15, 0.2) is 11.8 Å². The fourth-order valence-corrected chi connectivity index (χ4v) is 2.73. The molecule has 1 unspecified atom stereocenters. The van der Waals surface area contributed by atoms with Crippen molar-refractivity contribution in [2.24, 2.45) is 5.92 Å². The fraction of sp³-hybridized carbons (Fsp3) is 0.769. The second-order valence-corrected chi connectivity index (χ2v) is 5.39. The van der Waals surface area contributed by atoms with E-state index in [2.05, 4.69) is 11.6 Å². The SMILES string of the molecule is O=C1CCCCC1CCC1=CC2(CC2)ON1. The van der Waals surface area contributed by atoms with Crippen LogP contribution < -0.4 is 5.48 Å². The molecule has 1 heterocycles. The molecule has 0 bridgehead atoms. The number of Topliss-reactive ketones (excluding diaryl/α,β-unsaturated/α-hetero) is 1. The quantitative estimate of drug-likeness (QED) is 0.795. The van der Waals surface area contributed by atoms with Crippen LogP contribution in [-0.4, -0.2) is 11.4 Å². The topological polar surface area (TPSA) is 38.3 Å². The van der Waals surface area contributed by atoms with Crippen LogP contribution in [0.2, 0.25) is 0 Å². The molecule has 3 rings (SSSR count). The van der Waals surface area contributed by atoms with Gasteiger partial charge in [0.15, 0.2) is 0 Å². The van der Waals surface area contributed by atoms with Crippen molar-refractivity contribution in [2.75, 3.05) is 0 Å². The zero-order valence-corrected chi connectivity index (χ0v) is 9.63. The van der Waals surface area contributed by atoms with Gasteiger partial charge in [-0.1, -0.05) is 6.42 Å². The minimum atomic E-state index is 0.0475. The molecule has 0 radical (unpaired) electrons. The van der Waals surface area contributed by atoms with Crippen molar-refractivity contribution in [3.05, 3.63) is 11.8 Å². The molecule has 1 atom stereocenters. The van der Waals surface area contributed by atoms with Gasteiger partial charge in [-0.05, 0) is 44.6 Å². The lowest BCUT2D eigenvalue weighted by Gasteiger charge is -2.20. The molecule has 1 N–H and O–H groups in total. The Morgan fingerprint density at radius 3 is 3.00 bits per heavy atom. The average molecular weight is 221 g/mol. The van der Waals surface area contributed by atoms with Crippen LogP contribution >= 0.6 is 0 Å². The highest BCUT2D eigenvalue weighted by Gasteiger charge is 2.46. The Kier molecular flexibility index (Phi) is 2.51. The minimum Gasteiger partial charge on any atom is -0.299 e. The van der Waals surface area contributed by atoms with Crippen molar-refractivity contribution < 1.29 is 9.63 Å². The average Bonchev–Trinajstić information content (AvgIpc) is 2.91. The van der Waals surface area contributed by atoms with Gasteiger partial charge in [0.2, 0.25) is 0 Å². The zero-order valence-electron chi connectivity index (χ0n) is 9.63. The number of hydrogen-bond acceptors (Lipinski definition) is 3. The highest BCUT2D eigenvalue weighted by atomic mass is 16.7. The van der Waals surface area contributed by atoms with Crippen molar-refractivity contribution >= 4 is 5.78 Å². The molecule has 0 aromatic heterocycles. The second-order valence-electron chi connectivity index (χ2n) is 5.39. The van der Waals surface area contributed by atoms with Crippen molar-refractivity contribution in [1.82, 2.24) is 5.48 Å². The van der Waals surface area contributed by atoms with E-state index in [1.165, 1.54) is 12.1 Å². The molecule has 0 amide bonds. The zero-order chi connectivity index (χ0) is 11.0. The van der Waals surface area contributed by atoms with E-state index in [1.54, 1.807) is 0 Å². The Morgan fingerprint density at radius 2 is 2.31 bits per heavy atom. The molecule has 3 aliphatic rings. The third-order valence-corrected chi connectivity index (χ3v) is 4.01. The molecule has 2 fully saturated rings. The predicted molar refractivity (Wildman–Crippen MR) is 60.5 cm³/mol. The summed E-state index contributed by atoms with van der Waals surface area (Å²) in [5.41, 5.74) is 4.25. The van der Waals surface area contributed by atoms with Crippen LogP contribution in [0.4, 0.5) is 0 Å². The highest BCUT2D eigenvalue weighted by molar-refractivity contribution is 5.81. The van der Waals surface area contributed by atoms with E-state index < -0.39 is 0 Å². The monoisotopic (exact) mass is 221 g/mol. The summed E-state index contributed by atoms with van der Waals surface area (Å²) in [6.45, 7) is 0. The molecule has 2 aliphatic carbocycles. The Labute approximate surface area is 96.2 Å². The predicted octanol–water partition coefficient (Wildman–Crippen LogP) is 2.48. The minimum absolute atomic E-state index is 0.0475. The van der Waals surface area contributed by atoms with E-state index >= 15 is 0 Å². The largest absolute Gasteiger partial charge is 0.299 e. The second kappa shape index (κ2) is 3.88. The van der Waals surface area contributed by atoms with E-state index in [0.29, 0.717) is 11.7 Å². The standard InChI is InChI=1S/C13H19NO2/c15-12-4-2-1-3-10(12)5-6-11-9-13(7-8-13)16-14-11/h9-10,14H,1-8H2. The third kappa shape index (κ3) is 2.01. The van der Waals surface area contributed by atoms with Gasteiger partial charge in [-0.25, -0.2) is 0 Å². The van der Waals surface area contributed by atoms with Gasteiger partial charge in [-0.3, -0.25) is 15.1 Å². The summed E-state index contributed by atoms with van der Waals surface area (Å²) in [5.74, 6) is 0.791. The Bertz CT molecular complexity index is 331. The summed E-state index contributed by atoms with van der Waals surface area (Å²) in [5, 5.41) is 0. The summed E-state index contributed by atoms with van der Waals surface area (Å²) < 4.78 is 0. The molecule has 2 saturated carbocycles. The maximum absolute atomic E-state index is 11.7. The molecule has 88 valence electrons. The first-order chi connectivity index (χ1) is 7.77. The lowest BCUT2D eigenvalue weighted by molar-refractivity contribution is -0.124. The smallest absolute Gasteiger partial charge is 0.135 e. The van der Waals surface area contributed by atoms with E-state index in [-0.39, 0.29) is 5.60 Å². The number of ketones is 1. The van der Waals surface area contributed by atoms with Crippen molar-refractivity contribution in [2.45, 2.75) is 57.0 Å². The summed E-state index contributed by atoms with van der Waals surface area (Å²) in [7, 11) is 0. The van der Waals surface area contributed by atoms with Crippen LogP contribution in [0.5, 0.6) is 0 Å². The van der Waals surface area contributed by atoms with Gasteiger partial charge in [-0.2, -0.15) is 0 Å². The number of nitrogens with one attached hydrogen (secondary N) is 1. The number of hydrogen-bond donors (Lipinski definition) is 1. The van der Waals surface area contributed by atoms with Gasteiger partial charge in [0.25, 0.3) is 0 Å². The van der Waals surface area contributed by atoms with Crippen molar-refractivity contribution in [3.8, 4) is 0 Å². The first kappa shape index (κ1) is 10.3. The highest BCUT2D eigenvalue weighted by Crippen LogP contribution is 2.44.